The summed E-state index contributed by atoms with van der Waals surface area (Å²) in [7, 11) is 3.72. The van der Waals surface area contributed by atoms with Gasteiger partial charge >= 0.3 is 0 Å². The number of nitrogens with zero attached hydrogens (tertiary/aromatic N) is 3. The second-order valence-electron chi connectivity index (χ2n) is 7.38. The molecule has 1 atom stereocenters. The lowest BCUT2D eigenvalue weighted by atomic mass is 10.1. The minimum absolute atomic E-state index is 0.241. The number of benzene rings is 1. The molecule has 0 radical (unpaired) electrons. The summed E-state index contributed by atoms with van der Waals surface area (Å²) in [5.41, 5.74) is 3.42. The molecule has 0 aliphatic carbocycles. The van der Waals surface area contributed by atoms with Crippen LogP contribution in [0.25, 0.3) is 0 Å². The zero-order valence-electron chi connectivity index (χ0n) is 18.4. The molecule has 0 saturated heterocycles. The first-order chi connectivity index (χ1) is 14.0. The topological polar surface area (TPSA) is 58.1 Å². The highest BCUT2D eigenvalue weighted by Gasteiger charge is 2.13. The Labute approximate surface area is 175 Å². The molecular formula is C23H35N3O3. The average molecular weight is 402 g/mol. The smallest absolute Gasteiger partial charge is 0.161 e. The summed E-state index contributed by atoms with van der Waals surface area (Å²) in [6, 6.07) is 9.99. The molecule has 0 aliphatic heterocycles. The Bertz CT molecular complexity index is 750. The molecule has 1 aromatic heterocycles. The lowest BCUT2D eigenvalue weighted by molar-refractivity contribution is 0.0705. The number of ether oxygens (including phenoxy) is 2. The molecule has 1 heterocycles. The maximum absolute atomic E-state index is 10.2. The highest BCUT2D eigenvalue weighted by Crippen LogP contribution is 2.29. The van der Waals surface area contributed by atoms with Crippen LogP contribution >= 0.6 is 0 Å². The van der Waals surface area contributed by atoms with E-state index in [1.807, 2.05) is 30.5 Å². The Morgan fingerprint density at radius 3 is 2.52 bits per heavy atom. The van der Waals surface area contributed by atoms with Crippen molar-refractivity contribution in [3.63, 3.8) is 0 Å². The van der Waals surface area contributed by atoms with E-state index in [2.05, 4.69) is 48.7 Å². The molecule has 0 fully saturated rings. The summed E-state index contributed by atoms with van der Waals surface area (Å²) in [5.74, 6) is 1.33. The Morgan fingerprint density at radius 1 is 1.10 bits per heavy atom. The summed E-state index contributed by atoms with van der Waals surface area (Å²) < 4.78 is 11.3. The number of hydrogen-bond acceptors (Lipinski definition) is 6. The third kappa shape index (κ3) is 7.31. The first kappa shape index (κ1) is 23.1. The van der Waals surface area contributed by atoms with Crippen molar-refractivity contribution < 1.29 is 14.6 Å². The molecule has 0 spiro atoms. The van der Waals surface area contributed by atoms with Crippen LogP contribution in [0.15, 0.2) is 36.5 Å². The van der Waals surface area contributed by atoms with Gasteiger partial charge in [0.15, 0.2) is 11.5 Å². The van der Waals surface area contributed by atoms with E-state index in [4.69, 9.17) is 9.47 Å². The van der Waals surface area contributed by atoms with Crippen LogP contribution in [-0.4, -0.2) is 66.4 Å². The van der Waals surface area contributed by atoms with E-state index in [1.165, 1.54) is 5.56 Å². The maximum Gasteiger partial charge on any atom is 0.161 e. The molecule has 6 heteroatoms. The fourth-order valence-electron chi connectivity index (χ4n) is 3.26. The van der Waals surface area contributed by atoms with Gasteiger partial charge in [0.05, 0.1) is 12.8 Å². The van der Waals surface area contributed by atoms with Gasteiger partial charge in [-0.05, 0) is 56.4 Å². The van der Waals surface area contributed by atoms with E-state index in [9.17, 15) is 5.11 Å². The van der Waals surface area contributed by atoms with Gasteiger partial charge in [0.25, 0.3) is 0 Å². The number of aliphatic hydroxyl groups excluding tert-OH is 1. The number of rotatable bonds is 12. The molecule has 0 amide bonds. The first-order valence-corrected chi connectivity index (χ1v) is 10.3. The summed E-state index contributed by atoms with van der Waals surface area (Å²) in [4.78, 5) is 8.86. The fourth-order valence-corrected chi connectivity index (χ4v) is 3.26. The van der Waals surface area contributed by atoms with Gasteiger partial charge in [-0.1, -0.05) is 26.0 Å². The third-order valence-corrected chi connectivity index (χ3v) is 5.01. The predicted octanol–water partition coefficient (Wildman–Crippen LogP) is 3.11. The lowest BCUT2D eigenvalue weighted by Crippen LogP contribution is -2.35. The van der Waals surface area contributed by atoms with E-state index >= 15 is 0 Å². The summed E-state index contributed by atoms with van der Waals surface area (Å²) in [5, 5.41) is 10.2. The maximum atomic E-state index is 10.2. The molecule has 6 nitrogen and oxygen atoms in total. The van der Waals surface area contributed by atoms with Crippen molar-refractivity contribution in [2.45, 2.75) is 40.0 Å². The number of pyridine rings is 1. The summed E-state index contributed by atoms with van der Waals surface area (Å²) >= 11 is 0. The van der Waals surface area contributed by atoms with Gasteiger partial charge in [0, 0.05) is 25.8 Å². The molecule has 0 saturated carbocycles. The zero-order chi connectivity index (χ0) is 21.2. The summed E-state index contributed by atoms with van der Waals surface area (Å²) in [6.07, 6.45) is 1.30. The zero-order valence-corrected chi connectivity index (χ0v) is 18.4. The van der Waals surface area contributed by atoms with Gasteiger partial charge in [0.1, 0.15) is 12.7 Å². The van der Waals surface area contributed by atoms with E-state index in [-0.39, 0.29) is 6.61 Å². The van der Waals surface area contributed by atoms with Gasteiger partial charge in [0.2, 0.25) is 0 Å². The lowest BCUT2D eigenvalue weighted by Gasteiger charge is -2.22. The molecule has 1 unspecified atom stereocenters. The summed E-state index contributed by atoms with van der Waals surface area (Å²) in [6.45, 7) is 10.5. The molecule has 160 valence electrons. The number of aromatic nitrogens is 1. The van der Waals surface area contributed by atoms with E-state index < -0.39 is 6.10 Å². The number of hydrogen-bond donors (Lipinski definition) is 1. The van der Waals surface area contributed by atoms with E-state index in [0.29, 0.717) is 18.0 Å². The second-order valence-corrected chi connectivity index (χ2v) is 7.38. The van der Waals surface area contributed by atoms with Crippen molar-refractivity contribution in [1.82, 2.24) is 14.8 Å². The highest BCUT2D eigenvalue weighted by molar-refractivity contribution is 5.43. The van der Waals surface area contributed by atoms with Crippen molar-refractivity contribution in [1.29, 1.82) is 0 Å². The standard InChI is InChI=1S/C23H35N3O3/c1-6-26(7-2)15-20(27)17-29-22-11-10-19(13-23(22)28-5)14-25(4)16-21-18(3)9-8-12-24-21/h8-13,20,27H,6-7,14-17H2,1-5H3. The van der Waals surface area contributed by atoms with Crippen molar-refractivity contribution >= 4 is 0 Å². The Balaban J connectivity index is 1.94. The monoisotopic (exact) mass is 401 g/mol. The van der Waals surface area contributed by atoms with Crippen LogP contribution in [0.3, 0.4) is 0 Å². The van der Waals surface area contributed by atoms with Gasteiger partial charge in [-0.25, -0.2) is 0 Å². The Morgan fingerprint density at radius 2 is 1.86 bits per heavy atom. The Hall–Kier alpha value is -2.15. The van der Waals surface area contributed by atoms with Gasteiger partial charge in [-0.2, -0.15) is 0 Å². The molecular weight excluding hydrogens is 366 g/mol. The molecule has 1 N–H and O–H groups in total. The van der Waals surface area contributed by atoms with Gasteiger partial charge < -0.3 is 19.5 Å². The van der Waals surface area contributed by atoms with Crippen LogP contribution < -0.4 is 9.47 Å². The predicted molar refractivity (Wildman–Crippen MR) is 116 cm³/mol. The highest BCUT2D eigenvalue weighted by atomic mass is 16.5. The average Bonchev–Trinajstić information content (AvgIpc) is 2.72. The number of aliphatic hydroxyl groups is 1. The van der Waals surface area contributed by atoms with Crippen LogP contribution in [0.4, 0.5) is 0 Å². The minimum atomic E-state index is -0.535. The molecule has 2 rings (SSSR count). The van der Waals surface area contributed by atoms with Crippen LogP contribution in [0, 0.1) is 6.92 Å². The SMILES string of the molecule is CCN(CC)CC(O)COc1ccc(CN(C)Cc2ncccc2C)cc1OC. The quantitative estimate of drug-likeness (QED) is 0.590. The van der Waals surface area contributed by atoms with Crippen molar-refractivity contribution in [3.8, 4) is 11.5 Å². The van der Waals surface area contributed by atoms with Crippen LogP contribution in [0.5, 0.6) is 11.5 Å². The van der Waals surface area contributed by atoms with Gasteiger partial charge in [-0.3, -0.25) is 9.88 Å². The second kappa shape index (κ2) is 11.8. The molecule has 0 bridgehead atoms. The largest absolute Gasteiger partial charge is 0.493 e. The minimum Gasteiger partial charge on any atom is -0.493 e. The molecule has 2 aromatic rings. The molecule has 1 aromatic carbocycles. The molecule has 0 aliphatic rings. The van der Waals surface area contributed by atoms with E-state index in [0.717, 1.165) is 37.4 Å². The van der Waals surface area contributed by atoms with Crippen LogP contribution in [-0.2, 0) is 13.1 Å². The third-order valence-electron chi connectivity index (χ3n) is 5.01. The first-order valence-electron chi connectivity index (χ1n) is 10.3. The van der Waals surface area contributed by atoms with Crippen LogP contribution in [0.1, 0.15) is 30.7 Å². The molecule has 29 heavy (non-hydrogen) atoms. The Kier molecular flexibility index (Phi) is 9.38. The number of aryl methyl sites for hydroxylation is 1. The van der Waals surface area contributed by atoms with Crippen molar-refractivity contribution in [2.75, 3.05) is 40.4 Å². The number of likely N-dealkylation sites (N-methyl/N-ethyl adjacent to an activating group) is 1. The van der Waals surface area contributed by atoms with Gasteiger partial charge in [-0.15, -0.1) is 0 Å². The fraction of sp³-hybridized carbons (Fsp3) is 0.522. The van der Waals surface area contributed by atoms with E-state index in [1.54, 1.807) is 7.11 Å². The number of methoxy groups -OCH3 is 1. The van der Waals surface area contributed by atoms with Crippen molar-refractivity contribution in [2.24, 2.45) is 0 Å². The normalized spacial score (nSPS) is 12.4. The van der Waals surface area contributed by atoms with Crippen molar-refractivity contribution in [3.05, 3.63) is 53.3 Å². The van der Waals surface area contributed by atoms with Crippen LogP contribution in [0.2, 0.25) is 0 Å².